The van der Waals surface area contributed by atoms with Crippen molar-refractivity contribution >= 4 is 11.7 Å². The van der Waals surface area contributed by atoms with Crippen LogP contribution in [0.25, 0.3) is 0 Å². The number of carbonyl (C=O) groups excluding carboxylic acids is 1. The van der Waals surface area contributed by atoms with Crippen LogP contribution in [-0.2, 0) is 4.79 Å². The zero-order valence-electron chi connectivity index (χ0n) is 6.14. The Bertz CT molecular complexity index is 216. The summed E-state index contributed by atoms with van der Waals surface area (Å²) in [5.74, 6) is 0.701. The number of allylic oxidation sites excluding steroid dienone is 1. The van der Waals surface area contributed by atoms with Crippen molar-refractivity contribution in [1.82, 2.24) is 5.32 Å². The number of nitrogens with zero attached hydrogens (tertiary/aromatic N) is 1. The summed E-state index contributed by atoms with van der Waals surface area (Å²) >= 11 is 0. The van der Waals surface area contributed by atoms with E-state index >= 15 is 0 Å². The van der Waals surface area contributed by atoms with E-state index in [0.29, 0.717) is 0 Å². The smallest absolute Gasteiger partial charge is 0.222 e. The molecule has 1 amide bonds. The molecule has 1 N–H and O–H groups in total. The zero-order chi connectivity index (χ0) is 7.56. The molecule has 0 radical (unpaired) electrons. The van der Waals surface area contributed by atoms with Crippen LogP contribution in [0.3, 0.4) is 0 Å². The van der Waals surface area contributed by atoms with Gasteiger partial charge in [-0.1, -0.05) is 6.08 Å². The first-order valence-corrected chi connectivity index (χ1v) is 3.20. The van der Waals surface area contributed by atoms with Gasteiger partial charge in [0.05, 0.1) is 0 Å². The first kappa shape index (κ1) is 6.99. The topological polar surface area (TPSA) is 41.5 Å². The molecule has 0 saturated heterocycles. The minimum atomic E-state index is -0.0538. The van der Waals surface area contributed by atoms with Crippen molar-refractivity contribution in [2.24, 2.45) is 4.99 Å². The molecule has 0 fully saturated rings. The molecule has 0 aromatic carbocycles. The summed E-state index contributed by atoms with van der Waals surface area (Å²) in [6.07, 6.45) is 2.73. The van der Waals surface area contributed by atoms with E-state index < -0.39 is 0 Å². The highest BCUT2D eigenvalue weighted by Crippen LogP contribution is 2.06. The fraction of sp³-hybridized carbons (Fsp3) is 0.429. The number of rotatable bonds is 0. The van der Waals surface area contributed by atoms with Gasteiger partial charge in [-0.2, -0.15) is 0 Å². The second kappa shape index (κ2) is 2.64. The van der Waals surface area contributed by atoms with Gasteiger partial charge in [0, 0.05) is 19.0 Å². The van der Waals surface area contributed by atoms with Crippen molar-refractivity contribution in [3.63, 3.8) is 0 Å². The molecule has 3 nitrogen and oxygen atoms in total. The average Bonchev–Trinajstić information content (AvgIpc) is 2.13. The molecule has 1 aliphatic rings. The molecule has 0 aliphatic carbocycles. The van der Waals surface area contributed by atoms with E-state index in [0.717, 1.165) is 18.0 Å². The first-order valence-electron chi connectivity index (χ1n) is 3.20. The second-order valence-corrected chi connectivity index (χ2v) is 2.29. The minimum Gasteiger partial charge on any atom is -0.314 e. The predicted octanol–water partition coefficient (Wildman–Crippen LogP) is 0.829. The van der Waals surface area contributed by atoms with Crippen LogP contribution >= 0.6 is 0 Å². The van der Waals surface area contributed by atoms with Crippen molar-refractivity contribution in [3.8, 4) is 0 Å². The molecule has 0 aromatic rings. The molecule has 1 aliphatic heterocycles. The fourth-order valence-electron chi connectivity index (χ4n) is 0.831. The highest BCUT2D eigenvalue weighted by Gasteiger charge is 2.04. The number of amidine groups is 1. The SMILES string of the molecule is CC(=O)NC1=NC(C)=CC1. The number of carbonyl (C=O) groups is 1. The van der Waals surface area contributed by atoms with Gasteiger partial charge in [0.25, 0.3) is 0 Å². The molecule has 0 aromatic heterocycles. The molecule has 0 spiro atoms. The predicted molar refractivity (Wildman–Crippen MR) is 39.6 cm³/mol. The Morgan fingerprint density at radius 2 is 2.50 bits per heavy atom. The molecule has 1 heterocycles. The monoisotopic (exact) mass is 138 g/mol. The Labute approximate surface area is 59.8 Å². The van der Waals surface area contributed by atoms with E-state index in [1.165, 1.54) is 6.92 Å². The van der Waals surface area contributed by atoms with Gasteiger partial charge in [0.15, 0.2) is 0 Å². The summed E-state index contributed by atoms with van der Waals surface area (Å²) in [6, 6.07) is 0. The van der Waals surface area contributed by atoms with Crippen molar-refractivity contribution in [3.05, 3.63) is 11.8 Å². The van der Waals surface area contributed by atoms with Gasteiger partial charge in [-0.05, 0) is 6.92 Å². The normalized spacial score (nSPS) is 16.2. The van der Waals surface area contributed by atoms with Crippen LogP contribution < -0.4 is 5.32 Å². The van der Waals surface area contributed by atoms with Crippen LogP contribution in [0.15, 0.2) is 16.8 Å². The van der Waals surface area contributed by atoms with Crippen molar-refractivity contribution in [2.75, 3.05) is 0 Å². The highest BCUT2D eigenvalue weighted by molar-refractivity contribution is 5.99. The van der Waals surface area contributed by atoms with Gasteiger partial charge in [0.2, 0.25) is 5.91 Å². The van der Waals surface area contributed by atoms with Gasteiger partial charge in [-0.25, -0.2) is 4.99 Å². The summed E-state index contributed by atoms with van der Waals surface area (Å²) in [5.41, 5.74) is 0.976. The van der Waals surface area contributed by atoms with Gasteiger partial charge >= 0.3 is 0 Å². The maximum atomic E-state index is 10.5. The maximum absolute atomic E-state index is 10.5. The Hall–Kier alpha value is -1.12. The van der Waals surface area contributed by atoms with E-state index in [1.54, 1.807) is 0 Å². The van der Waals surface area contributed by atoms with E-state index in [4.69, 9.17) is 0 Å². The van der Waals surface area contributed by atoms with Crippen LogP contribution in [0.1, 0.15) is 20.3 Å². The molecule has 0 bridgehead atoms. The van der Waals surface area contributed by atoms with E-state index in [-0.39, 0.29) is 5.91 Å². The molecule has 0 atom stereocenters. The third-order valence-corrected chi connectivity index (χ3v) is 1.22. The standard InChI is InChI=1S/C7H10N2O/c1-5-3-4-7(8-5)9-6(2)10/h3H,4H2,1-2H3,(H,8,9,10). The quantitative estimate of drug-likeness (QED) is 0.529. The third kappa shape index (κ3) is 1.69. The van der Waals surface area contributed by atoms with Gasteiger partial charge in [0.1, 0.15) is 5.84 Å². The highest BCUT2D eigenvalue weighted by atomic mass is 16.1. The number of hydrogen-bond donors (Lipinski definition) is 1. The molecule has 3 heteroatoms. The van der Waals surface area contributed by atoms with E-state index in [1.807, 2.05) is 13.0 Å². The Morgan fingerprint density at radius 3 is 2.90 bits per heavy atom. The van der Waals surface area contributed by atoms with Crippen LogP contribution in [0, 0.1) is 0 Å². The third-order valence-electron chi connectivity index (χ3n) is 1.22. The number of hydrogen-bond acceptors (Lipinski definition) is 2. The molecule has 10 heavy (non-hydrogen) atoms. The molecular formula is C7H10N2O. The molecule has 54 valence electrons. The van der Waals surface area contributed by atoms with Crippen molar-refractivity contribution < 1.29 is 4.79 Å². The van der Waals surface area contributed by atoms with Gasteiger partial charge in [-0.3, -0.25) is 4.79 Å². The van der Waals surface area contributed by atoms with Gasteiger partial charge in [-0.15, -0.1) is 0 Å². The summed E-state index contributed by atoms with van der Waals surface area (Å²) in [5, 5.41) is 2.63. The molecule has 0 unspecified atom stereocenters. The lowest BCUT2D eigenvalue weighted by Gasteiger charge is -1.97. The summed E-state index contributed by atoms with van der Waals surface area (Å²) in [4.78, 5) is 14.6. The lowest BCUT2D eigenvalue weighted by Crippen LogP contribution is -2.26. The summed E-state index contributed by atoms with van der Waals surface area (Å²) in [7, 11) is 0. The van der Waals surface area contributed by atoms with E-state index in [9.17, 15) is 4.79 Å². The lowest BCUT2D eigenvalue weighted by molar-refractivity contribution is -0.117. The van der Waals surface area contributed by atoms with Crippen molar-refractivity contribution in [2.45, 2.75) is 20.3 Å². The number of amides is 1. The van der Waals surface area contributed by atoms with Crippen LogP contribution in [0.2, 0.25) is 0 Å². The summed E-state index contributed by atoms with van der Waals surface area (Å²) in [6.45, 7) is 3.39. The zero-order valence-corrected chi connectivity index (χ0v) is 6.14. The lowest BCUT2D eigenvalue weighted by atomic mass is 10.4. The minimum absolute atomic E-state index is 0.0538. The largest absolute Gasteiger partial charge is 0.314 e. The number of nitrogens with one attached hydrogen (secondary N) is 1. The Morgan fingerprint density at radius 1 is 1.80 bits per heavy atom. The average molecular weight is 138 g/mol. The Balaban J connectivity index is 2.48. The first-order chi connectivity index (χ1) is 4.68. The van der Waals surface area contributed by atoms with Gasteiger partial charge < -0.3 is 5.32 Å². The summed E-state index contributed by atoms with van der Waals surface area (Å²) < 4.78 is 0. The molecule has 1 rings (SSSR count). The maximum Gasteiger partial charge on any atom is 0.222 e. The molecular weight excluding hydrogens is 128 g/mol. The Kier molecular flexibility index (Phi) is 1.85. The number of aliphatic imine (C=N–C) groups is 1. The molecule has 0 saturated carbocycles. The van der Waals surface area contributed by atoms with Crippen LogP contribution in [0.4, 0.5) is 0 Å². The fourth-order valence-corrected chi connectivity index (χ4v) is 0.831. The van der Waals surface area contributed by atoms with Crippen molar-refractivity contribution in [1.29, 1.82) is 0 Å². The van der Waals surface area contributed by atoms with E-state index in [2.05, 4.69) is 10.3 Å². The van der Waals surface area contributed by atoms with Crippen LogP contribution in [-0.4, -0.2) is 11.7 Å². The second-order valence-electron chi connectivity index (χ2n) is 2.29. The van der Waals surface area contributed by atoms with Crippen LogP contribution in [0.5, 0.6) is 0 Å².